The van der Waals surface area contributed by atoms with Crippen LogP contribution in [0.1, 0.15) is 27.7 Å². The standard InChI is InChI=1S/C19H25NO/c1-14(20)18(19(2,3)4)21-17-13-9-8-12-16(17)15-10-6-5-7-11-15/h5-14,18H,20H2,1-4H3. The van der Waals surface area contributed by atoms with Gasteiger partial charge in [0.1, 0.15) is 11.9 Å². The lowest BCUT2D eigenvalue weighted by molar-refractivity contribution is 0.0690. The summed E-state index contributed by atoms with van der Waals surface area (Å²) in [6, 6.07) is 18.4. The lowest BCUT2D eigenvalue weighted by Crippen LogP contribution is -2.45. The van der Waals surface area contributed by atoms with Crippen LogP contribution in [0.15, 0.2) is 54.6 Å². The molecule has 2 N–H and O–H groups in total. The Morgan fingerprint density at radius 2 is 1.48 bits per heavy atom. The highest BCUT2D eigenvalue weighted by molar-refractivity contribution is 5.70. The van der Waals surface area contributed by atoms with Crippen LogP contribution in [0.25, 0.3) is 11.1 Å². The van der Waals surface area contributed by atoms with E-state index in [0.29, 0.717) is 0 Å². The van der Waals surface area contributed by atoms with Crippen LogP contribution in [0.5, 0.6) is 5.75 Å². The lowest BCUT2D eigenvalue weighted by Gasteiger charge is -2.34. The number of benzene rings is 2. The SMILES string of the molecule is CC(N)C(Oc1ccccc1-c1ccccc1)C(C)(C)C. The molecule has 2 atom stereocenters. The molecule has 0 aliphatic rings. The van der Waals surface area contributed by atoms with Crippen molar-refractivity contribution in [3.05, 3.63) is 54.6 Å². The maximum atomic E-state index is 6.30. The van der Waals surface area contributed by atoms with Crippen LogP contribution in [0, 0.1) is 5.41 Å². The van der Waals surface area contributed by atoms with E-state index in [9.17, 15) is 0 Å². The molecule has 2 nitrogen and oxygen atoms in total. The van der Waals surface area contributed by atoms with Gasteiger partial charge >= 0.3 is 0 Å². The molecule has 0 saturated carbocycles. The van der Waals surface area contributed by atoms with E-state index in [-0.39, 0.29) is 17.6 Å². The quantitative estimate of drug-likeness (QED) is 0.897. The highest BCUT2D eigenvalue weighted by atomic mass is 16.5. The first-order valence-electron chi connectivity index (χ1n) is 7.46. The van der Waals surface area contributed by atoms with Crippen molar-refractivity contribution >= 4 is 0 Å². The van der Waals surface area contributed by atoms with E-state index in [4.69, 9.17) is 10.5 Å². The molecular weight excluding hydrogens is 258 g/mol. The van der Waals surface area contributed by atoms with Crippen LogP contribution in [0.4, 0.5) is 0 Å². The molecule has 0 aromatic heterocycles. The van der Waals surface area contributed by atoms with E-state index in [2.05, 4.69) is 39.0 Å². The highest BCUT2D eigenvalue weighted by Gasteiger charge is 2.30. The van der Waals surface area contributed by atoms with Gasteiger partial charge in [-0.2, -0.15) is 0 Å². The van der Waals surface area contributed by atoms with Crippen LogP contribution in [-0.4, -0.2) is 12.1 Å². The molecule has 0 radical (unpaired) electrons. The largest absolute Gasteiger partial charge is 0.488 e. The number of ether oxygens (including phenoxy) is 1. The molecule has 0 bridgehead atoms. The fraction of sp³-hybridized carbons (Fsp3) is 0.368. The molecule has 0 spiro atoms. The summed E-state index contributed by atoms with van der Waals surface area (Å²) >= 11 is 0. The van der Waals surface area contributed by atoms with E-state index < -0.39 is 0 Å². The summed E-state index contributed by atoms with van der Waals surface area (Å²) in [4.78, 5) is 0. The van der Waals surface area contributed by atoms with Gasteiger partial charge in [-0.15, -0.1) is 0 Å². The van der Waals surface area contributed by atoms with Gasteiger partial charge in [0.2, 0.25) is 0 Å². The summed E-state index contributed by atoms with van der Waals surface area (Å²) in [6.45, 7) is 8.48. The van der Waals surface area contributed by atoms with Crippen molar-refractivity contribution in [3.8, 4) is 16.9 Å². The molecule has 0 fully saturated rings. The van der Waals surface area contributed by atoms with Gasteiger partial charge in [0.25, 0.3) is 0 Å². The summed E-state index contributed by atoms with van der Waals surface area (Å²) in [5, 5.41) is 0. The summed E-state index contributed by atoms with van der Waals surface area (Å²) < 4.78 is 6.30. The third-order valence-electron chi connectivity index (χ3n) is 3.56. The van der Waals surface area contributed by atoms with Crippen molar-refractivity contribution < 1.29 is 4.74 Å². The summed E-state index contributed by atoms with van der Waals surface area (Å²) in [6.07, 6.45) is -0.0395. The predicted octanol–water partition coefficient (Wildman–Crippen LogP) is 4.49. The third-order valence-corrected chi connectivity index (χ3v) is 3.56. The molecule has 0 saturated heterocycles. The van der Waals surface area contributed by atoms with Crippen LogP contribution < -0.4 is 10.5 Å². The second-order valence-electron chi connectivity index (χ2n) is 6.63. The van der Waals surface area contributed by atoms with E-state index in [0.717, 1.165) is 16.9 Å². The maximum absolute atomic E-state index is 6.30. The first kappa shape index (κ1) is 15.6. The van der Waals surface area contributed by atoms with Gasteiger partial charge < -0.3 is 10.5 Å². The van der Waals surface area contributed by atoms with Crippen molar-refractivity contribution in [1.82, 2.24) is 0 Å². The summed E-state index contributed by atoms with van der Waals surface area (Å²) in [5.41, 5.74) is 8.38. The first-order chi connectivity index (χ1) is 9.89. The third kappa shape index (κ3) is 3.85. The van der Waals surface area contributed by atoms with Crippen molar-refractivity contribution in [2.75, 3.05) is 0 Å². The number of nitrogens with two attached hydrogens (primary N) is 1. The molecule has 0 aliphatic heterocycles. The Morgan fingerprint density at radius 3 is 2.05 bits per heavy atom. The highest BCUT2D eigenvalue weighted by Crippen LogP contribution is 2.33. The van der Waals surface area contributed by atoms with Gasteiger partial charge in [-0.05, 0) is 18.6 Å². The Balaban J connectivity index is 2.37. The van der Waals surface area contributed by atoms with Crippen LogP contribution in [-0.2, 0) is 0 Å². The number of hydrogen-bond donors (Lipinski definition) is 1. The Kier molecular flexibility index (Phi) is 4.69. The molecule has 0 heterocycles. The fourth-order valence-electron chi connectivity index (χ4n) is 2.64. The molecule has 0 aliphatic carbocycles. The number of para-hydroxylation sites is 1. The lowest BCUT2D eigenvalue weighted by atomic mass is 9.85. The van der Waals surface area contributed by atoms with E-state index in [1.807, 2.05) is 43.3 Å². The van der Waals surface area contributed by atoms with Crippen LogP contribution in [0.3, 0.4) is 0 Å². The van der Waals surface area contributed by atoms with E-state index >= 15 is 0 Å². The average Bonchev–Trinajstić information content (AvgIpc) is 2.44. The minimum absolute atomic E-state index is 0.0159. The zero-order valence-corrected chi connectivity index (χ0v) is 13.3. The van der Waals surface area contributed by atoms with Gasteiger partial charge in [0.05, 0.1) is 0 Å². The summed E-state index contributed by atoms with van der Waals surface area (Å²) in [7, 11) is 0. The molecule has 2 aromatic rings. The van der Waals surface area contributed by atoms with Gasteiger partial charge in [-0.25, -0.2) is 0 Å². The predicted molar refractivity (Wildman–Crippen MR) is 89.4 cm³/mol. The number of rotatable bonds is 4. The molecule has 2 aromatic carbocycles. The molecule has 21 heavy (non-hydrogen) atoms. The van der Waals surface area contributed by atoms with Gasteiger partial charge in [0, 0.05) is 17.0 Å². The minimum atomic E-state index is -0.0395. The monoisotopic (exact) mass is 283 g/mol. The number of hydrogen-bond acceptors (Lipinski definition) is 2. The Hall–Kier alpha value is -1.80. The Bertz CT molecular complexity index is 570. The molecule has 2 heteroatoms. The average molecular weight is 283 g/mol. The van der Waals surface area contributed by atoms with Gasteiger partial charge in [-0.3, -0.25) is 0 Å². The topological polar surface area (TPSA) is 35.2 Å². The molecular formula is C19H25NO. The van der Waals surface area contributed by atoms with Crippen LogP contribution >= 0.6 is 0 Å². The molecule has 0 amide bonds. The summed E-state index contributed by atoms with van der Waals surface area (Å²) in [5.74, 6) is 0.890. The normalized spacial score (nSPS) is 14.5. The first-order valence-corrected chi connectivity index (χ1v) is 7.46. The van der Waals surface area contributed by atoms with Crippen molar-refractivity contribution in [2.24, 2.45) is 11.1 Å². The molecule has 112 valence electrons. The fourth-order valence-corrected chi connectivity index (χ4v) is 2.64. The van der Waals surface area contributed by atoms with Crippen molar-refractivity contribution in [3.63, 3.8) is 0 Å². The maximum Gasteiger partial charge on any atom is 0.127 e. The Morgan fingerprint density at radius 1 is 0.905 bits per heavy atom. The zero-order valence-electron chi connectivity index (χ0n) is 13.3. The second kappa shape index (κ2) is 6.31. The van der Waals surface area contributed by atoms with Gasteiger partial charge in [0.15, 0.2) is 0 Å². The van der Waals surface area contributed by atoms with E-state index in [1.165, 1.54) is 0 Å². The smallest absolute Gasteiger partial charge is 0.127 e. The Labute approximate surface area is 127 Å². The van der Waals surface area contributed by atoms with E-state index in [1.54, 1.807) is 0 Å². The van der Waals surface area contributed by atoms with Crippen molar-refractivity contribution in [1.29, 1.82) is 0 Å². The zero-order chi connectivity index (χ0) is 15.5. The second-order valence-corrected chi connectivity index (χ2v) is 6.63. The molecule has 2 unspecified atom stereocenters. The van der Waals surface area contributed by atoms with Crippen LogP contribution in [0.2, 0.25) is 0 Å². The minimum Gasteiger partial charge on any atom is -0.488 e. The molecule has 2 rings (SSSR count). The van der Waals surface area contributed by atoms with Gasteiger partial charge in [-0.1, -0.05) is 69.3 Å². The van der Waals surface area contributed by atoms with Crippen molar-refractivity contribution in [2.45, 2.75) is 39.8 Å².